The van der Waals surface area contributed by atoms with Gasteiger partial charge in [0.2, 0.25) is 0 Å². The smallest absolute Gasteiger partial charge is 0.256 e. The molecular weight excluding hydrogens is 606 g/mol. The average Bonchev–Trinajstić information content (AvgIpc) is 3.56. The minimum absolute atomic E-state index is 0.0674. The third-order valence-corrected chi connectivity index (χ3v) is 14.0. The number of amides is 1. The number of ether oxygens (including phenoxy) is 3. The second kappa shape index (κ2) is 11.1. The number of hydrogen-bond donors (Lipinski definition) is 1. The van der Waals surface area contributed by atoms with Gasteiger partial charge in [0.15, 0.2) is 37.3 Å². The van der Waals surface area contributed by atoms with Gasteiger partial charge in [-0.3, -0.25) is 9.36 Å². The zero-order valence-corrected chi connectivity index (χ0v) is 27.6. The van der Waals surface area contributed by atoms with Gasteiger partial charge in [-0.1, -0.05) is 61.8 Å². The topological polar surface area (TPSA) is 110 Å². The number of carbonyl (C=O) groups is 1. The summed E-state index contributed by atoms with van der Waals surface area (Å²) in [5.74, 6) is 0.417. The summed E-state index contributed by atoms with van der Waals surface area (Å²) in [5.41, 5.74) is 1.53. The van der Waals surface area contributed by atoms with Crippen LogP contribution in [0.5, 0.6) is 0 Å². The molecule has 3 aromatic rings. The van der Waals surface area contributed by atoms with Crippen molar-refractivity contribution in [1.82, 2.24) is 19.5 Å². The quantitative estimate of drug-likeness (QED) is 0.221. The van der Waals surface area contributed by atoms with Crippen molar-refractivity contribution in [3.8, 4) is 0 Å². The molecule has 0 spiro atoms. The van der Waals surface area contributed by atoms with Crippen molar-refractivity contribution in [3.05, 3.63) is 48.0 Å². The molecule has 1 N–H and O–H groups in total. The van der Waals surface area contributed by atoms with Crippen LogP contribution >= 0.6 is 15.9 Å². The maximum Gasteiger partial charge on any atom is 0.256 e. The number of nitrogens with one attached hydrogen (secondary N) is 1. The number of fused-ring (bicyclic) bond motifs is 2. The van der Waals surface area contributed by atoms with E-state index in [1.807, 2.05) is 36.6 Å². The molecule has 1 amide bonds. The SMILES string of the molecule is CC(C)C(C)(C)[Si](C)(C)OC[C@H]1O[C@@H](n2c(CBr)nc3c(NC(=O)c4ccccc4)ncnc32)[C@@H]2OC(C)(C)O[C@@H]21. The van der Waals surface area contributed by atoms with E-state index in [2.05, 4.69) is 72.0 Å². The monoisotopic (exact) mass is 645 g/mol. The predicted octanol–water partition coefficient (Wildman–Crippen LogP) is 6.05. The van der Waals surface area contributed by atoms with E-state index in [9.17, 15) is 4.79 Å². The zero-order valence-electron chi connectivity index (χ0n) is 25.0. The van der Waals surface area contributed by atoms with E-state index in [4.69, 9.17) is 23.6 Å². The number of rotatable bonds is 9. The fourth-order valence-corrected chi connectivity index (χ4v) is 8.09. The molecule has 41 heavy (non-hydrogen) atoms. The number of imidazole rings is 1. The van der Waals surface area contributed by atoms with Crippen LogP contribution in [-0.4, -0.2) is 64.4 Å². The Morgan fingerprint density at radius 3 is 2.51 bits per heavy atom. The molecule has 222 valence electrons. The molecule has 1 aromatic carbocycles. The first-order chi connectivity index (χ1) is 19.3. The van der Waals surface area contributed by atoms with E-state index >= 15 is 0 Å². The van der Waals surface area contributed by atoms with Gasteiger partial charge in [0.25, 0.3) is 5.91 Å². The lowest BCUT2D eigenvalue weighted by Gasteiger charge is -2.43. The van der Waals surface area contributed by atoms with Gasteiger partial charge in [-0.05, 0) is 50.0 Å². The maximum absolute atomic E-state index is 12.9. The van der Waals surface area contributed by atoms with E-state index in [0.29, 0.717) is 46.2 Å². The molecule has 12 heteroatoms. The lowest BCUT2D eigenvalue weighted by atomic mass is 9.99. The third-order valence-electron chi connectivity index (χ3n) is 8.92. The Kier molecular flexibility index (Phi) is 8.20. The van der Waals surface area contributed by atoms with Crippen LogP contribution in [0.4, 0.5) is 5.82 Å². The summed E-state index contributed by atoms with van der Waals surface area (Å²) < 4.78 is 28.1. The summed E-state index contributed by atoms with van der Waals surface area (Å²) in [5, 5.41) is 3.39. The summed E-state index contributed by atoms with van der Waals surface area (Å²) >= 11 is 3.58. The molecule has 10 nitrogen and oxygen atoms in total. The molecule has 4 atom stereocenters. The summed E-state index contributed by atoms with van der Waals surface area (Å²) in [6, 6.07) is 8.98. The van der Waals surface area contributed by atoms with Gasteiger partial charge in [0, 0.05) is 5.56 Å². The van der Waals surface area contributed by atoms with E-state index in [0.717, 1.165) is 0 Å². The van der Waals surface area contributed by atoms with Crippen molar-refractivity contribution in [1.29, 1.82) is 0 Å². The fraction of sp³-hybridized carbons (Fsp3) is 0.586. The number of benzene rings is 1. The lowest BCUT2D eigenvalue weighted by Crippen LogP contribution is -2.47. The highest BCUT2D eigenvalue weighted by Gasteiger charge is 2.57. The Bertz CT molecular complexity index is 1410. The molecule has 0 saturated carbocycles. The molecule has 0 bridgehead atoms. The number of hydrogen-bond acceptors (Lipinski definition) is 8. The van der Waals surface area contributed by atoms with Gasteiger partial charge in [0.1, 0.15) is 30.5 Å². The minimum atomic E-state index is -2.11. The molecule has 2 aliphatic rings. The number of alkyl halides is 1. The summed E-state index contributed by atoms with van der Waals surface area (Å²) in [6.07, 6.45) is -0.232. The Labute approximate surface area is 250 Å². The molecular formula is C29H40BrN5O5Si. The first-order valence-corrected chi connectivity index (χ1v) is 18.1. The van der Waals surface area contributed by atoms with Crippen molar-refractivity contribution in [2.45, 2.75) is 95.3 Å². The molecule has 0 unspecified atom stereocenters. The number of halogens is 1. The van der Waals surface area contributed by atoms with E-state index in [-0.39, 0.29) is 23.2 Å². The predicted molar refractivity (Wildman–Crippen MR) is 162 cm³/mol. The van der Waals surface area contributed by atoms with Gasteiger partial charge in [-0.15, -0.1) is 0 Å². The van der Waals surface area contributed by atoms with Crippen molar-refractivity contribution < 1.29 is 23.4 Å². The van der Waals surface area contributed by atoms with Gasteiger partial charge < -0.3 is 24.0 Å². The lowest BCUT2D eigenvalue weighted by molar-refractivity contribution is -0.199. The van der Waals surface area contributed by atoms with Crippen molar-refractivity contribution in [3.63, 3.8) is 0 Å². The number of carbonyl (C=O) groups excluding carboxylic acids is 1. The maximum atomic E-state index is 12.9. The normalized spacial score (nSPS) is 24.2. The molecule has 5 rings (SSSR count). The summed E-state index contributed by atoms with van der Waals surface area (Å²) in [7, 11) is -2.11. The highest BCUT2D eigenvalue weighted by molar-refractivity contribution is 9.08. The molecule has 2 fully saturated rings. The van der Waals surface area contributed by atoms with E-state index < -0.39 is 26.4 Å². The Balaban J connectivity index is 1.47. The third kappa shape index (κ3) is 5.62. The van der Waals surface area contributed by atoms with Gasteiger partial charge in [-0.2, -0.15) is 0 Å². The van der Waals surface area contributed by atoms with Crippen LogP contribution in [0.3, 0.4) is 0 Å². The number of anilines is 1. The van der Waals surface area contributed by atoms with E-state index in [1.54, 1.807) is 12.1 Å². The Hall–Kier alpha value is -2.22. The second-order valence-electron chi connectivity index (χ2n) is 12.6. The fourth-order valence-electron chi connectivity index (χ4n) is 5.35. The second-order valence-corrected chi connectivity index (χ2v) is 17.7. The highest BCUT2D eigenvalue weighted by atomic mass is 79.9. The first kappa shape index (κ1) is 30.2. The van der Waals surface area contributed by atoms with Crippen molar-refractivity contribution >= 4 is 47.1 Å². The molecule has 2 aliphatic heterocycles. The zero-order chi connectivity index (χ0) is 29.7. The molecule has 0 radical (unpaired) electrons. The van der Waals surface area contributed by atoms with Crippen LogP contribution in [0.2, 0.25) is 18.1 Å². The standard InChI is InChI=1S/C29H40BrN5O5Si/c1-17(2)28(3,4)41(7,8)37-15-19-22-23(40-29(5,6)39-22)27(38-19)35-20(14-30)33-21-24(31-16-32-25(21)35)34-26(36)18-12-10-9-11-13-18/h9-13,16-17,19,22-23,27H,14-15H2,1-8H3,(H,31,32,34,36)/t19-,22-,23-,27-/m1/s1. The van der Waals surface area contributed by atoms with Crippen molar-refractivity contribution in [2.75, 3.05) is 11.9 Å². The van der Waals surface area contributed by atoms with Crippen LogP contribution in [0, 0.1) is 5.92 Å². The summed E-state index contributed by atoms with van der Waals surface area (Å²) in [6.45, 7) is 17.8. The van der Waals surface area contributed by atoms with Crippen LogP contribution in [0.25, 0.3) is 11.2 Å². The van der Waals surface area contributed by atoms with Crippen LogP contribution in [0.15, 0.2) is 36.7 Å². The Morgan fingerprint density at radius 1 is 1.17 bits per heavy atom. The molecule has 4 heterocycles. The van der Waals surface area contributed by atoms with Crippen LogP contribution in [-0.2, 0) is 24.0 Å². The van der Waals surface area contributed by atoms with Gasteiger partial charge in [-0.25, -0.2) is 15.0 Å². The first-order valence-electron chi connectivity index (χ1n) is 14.0. The van der Waals surface area contributed by atoms with Gasteiger partial charge in [0.05, 0.1) is 11.9 Å². The molecule has 2 aromatic heterocycles. The van der Waals surface area contributed by atoms with E-state index in [1.165, 1.54) is 6.33 Å². The molecule has 2 saturated heterocycles. The Morgan fingerprint density at radius 2 is 1.85 bits per heavy atom. The summed E-state index contributed by atoms with van der Waals surface area (Å²) in [4.78, 5) is 26.6. The average molecular weight is 647 g/mol. The highest BCUT2D eigenvalue weighted by Crippen LogP contribution is 2.47. The van der Waals surface area contributed by atoms with Crippen LogP contribution in [0.1, 0.15) is 64.0 Å². The minimum Gasteiger partial charge on any atom is -0.414 e. The largest absolute Gasteiger partial charge is 0.414 e. The van der Waals surface area contributed by atoms with Gasteiger partial charge >= 0.3 is 0 Å². The van der Waals surface area contributed by atoms with Crippen LogP contribution < -0.4 is 5.32 Å². The number of aromatic nitrogens is 4. The molecule has 0 aliphatic carbocycles. The number of nitrogens with zero attached hydrogens (tertiary/aromatic N) is 4. The van der Waals surface area contributed by atoms with Crippen molar-refractivity contribution in [2.24, 2.45) is 5.92 Å².